The van der Waals surface area contributed by atoms with Crippen LogP contribution >= 0.6 is 0 Å². The quantitative estimate of drug-likeness (QED) is 0.416. The number of halogens is 1. The number of hydrogen-bond donors (Lipinski definition) is 1. The molecule has 32 heavy (non-hydrogen) atoms. The molecule has 1 saturated carbocycles. The summed E-state index contributed by atoms with van der Waals surface area (Å²) in [4.78, 5) is 21.7. The van der Waals surface area contributed by atoms with E-state index < -0.39 is 5.60 Å². The van der Waals surface area contributed by atoms with Crippen LogP contribution in [0.3, 0.4) is 0 Å². The van der Waals surface area contributed by atoms with Crippen molar-refractivity contribution in [3.8, 4) is 17.1 Å². The molecule has 0 atom stereocenters. The summed E-state index contributed by atoms with van der Waals surface area (Å²) >= 11 is 0. The fraction of sp³-hybridized carbons (Fsp3) is 0.269. The molecular formula is C26H24FN3O2. The van der Waals surface area contributed by atoms with Gasteiger partial charge in [-0.3, -0.25) is 9.36 Å². The highest BCUT2D eigenvalue weighted by Gasteiger charge is 2.34. The molecule has 1 N–H and O–H groups in total. The second-order valence-corrected chi connectivity index (χ2v) is 8.67. The Labute approximate surface area is 185 Å². The number of rotatable bonds is 6. The average Bonchev–Trinajstić information content (AvgIpc) is 3.12. The zero-order chi connectivity index (χ0) is 22.3. The zero-order valence-corrected chi connectivity index (χ0v) is 17.9. The van der Waals surface area contributed by atoms with Crippen LogP contribution in [0.15, 0.2) is 61.1 Å². The fourth-order valence-electron chi connectivity index (χ4n) is 4.34. The number of aliphatic hydroxyl groups is 1. The SMILES string of the molecule is Cc1cn(-c2ncc(-c3ccccc3F)cn2)c2cc(C(=O)CCC3(O)CCC3)ccc12. The van der Waals surface area contributed by atoms with Crippen molar-refractivity contribution in [1.82, 2.24) is 14.5 Å². The van der Waals surface area contributed by atoms with Crippen molar-refractivity contribution in [2.75, 3.05) is 0 Å². The third-order valence-corrected chi connectivity index (χ3v) is 6.47. The first kappa shape index (κ1) is 20.5. The van der Waals surface area contributed by atoms with Crippen molar-refractivity contribution in [1.29, 1.82) is 0 Å². The molecule has 5 rings (SSSR count). The summed E-state index contributed by atoms with van der Waals surface area (Å²) in [6, 6.07) is 12.2. The Hall–Kier alpha value is -3.38. The molecule has 0 unspecified atom stereocenters. The van der Waals surface area contributed by atoms with Gasteiger partial charge in [0, 0.05) is 47.1 Å². The maximum atomic E-state index is 14.1. The van der Waals surface area contributed by atoms with Crippen LogP contribution < -0.4 is 0 Å². The van der Waals surface area contributed by atoms with Crippen molar-refractivity contribution in [3.05, 3.63) is 78.0 Å². The van der Waals surface area contributed by atoms with Gasteiger partial charge in [-0.1, -0.05) is 30.3 Å². The molecule has 6 heteroatoms. The van der Waals surface area contributed by atoms with Crippen LogP contribution in [-0.2, 0) is 0 Å². The Bertz CT molecular complexity index is 1310. The van der Waals surface area contributed by atoms with Crippen molar-refractivity contribution < 1.29 is 14.3 Å². The molecule has 0 saturated heterocycles. The number of benzene rings is 2. The third kappa shape index (κ3) is 3.71. The van der Waals surface area contributed by atoms with Gasteiger partial charge < -0.3 is 5.11 Å². The van der Waals surface area contributed by atoms with Gasteiger partial charge in [0.05, 0.1) is 11.1 Å². The van der Waals surface area contributed by atoms with E-state index in [0.29, 0.717) is 35.5 Å². The van der Waals surface area contributed by atoms with Gasteiger partial charge >= 0.3 is 0 Å². The lowest BCUT2D eigenvalue weighted by Crippen LogP contribution is -2.37. The van der Waals surface area contributed by atoms with Crippen molar-refractivity contribution in [3.63, 3.8) is 0 Å². The maximum Gasteiger partial charge on any atom is 0.234 e. The first-order valence-corrected chi connectivity index (χ1v) is 10.9. The number of hydrogen-bond acceptors (Lipinski definition) is 4. The molecule has 5 nitrogen and oxygen atoms in total. The smallest absolute Gasteiger partial charge is 0.234 e. The molecule has 4 aromatic rings. The van der Waals surface area contributed by atoms with Gasteiger partial charge in [0.15, 0.2) is 5.78 Å². The largest absolute Gasteiger partial charge is 0.390 e. The van der Waals surface area contributed by atoms with E-state index in [4.69, 9.17) is 0 Å². The van der Waals surface area contributed by atoms with Crippen LogP contribution in [0.25, 0.3) is 28.0 Å². The Kier molecular flexibility index (Phi) is 5.10. The minimum Gasteiger partial charge on any atom is -0.390 e. The van der Waals surface area contributed by atoms with Gasteiger partial charge in [-0.25, -0.2) is 14.4 Å². The lowest BCUT2D eigenvalue weighted by atomic mass is 9.76. The summed E-state index contributed by atoms with van der Waals surface area (Å²) in [5, 5.41) is 11.3. The lowest BCUT2D eigenvalue weighted by Gasteiger charge is -2.36. The Balaban J connectivity index is 1.45. The minimum absolute atomic E-state index is 0.0217. The van der Waals surface area contributed by atoms with Crippen LogP contribution in [-0.4, -0.2) is 31.0 Å². The van der Waals surface area contributed by atoms with Crippen LogP contribution in [0, 0.1) is 12.7 Å². The molecule has 1 aliphatic carbocycles. The summed E-state index contributed by atoms with van der Waals surface area (Å²) in [7, 11) is 0. The Morgan fingerprint density at radius 1 is 1.16 bits per heavy atom. The number of ketones is 1. The number of fused-ring (bicyclic) bond motifs is 1. The van der Waals surface area contributed by atoms with Crippen LogP contribution in [0.1, 0.15) is 48.0 Å². The number of aromatic nitrogens is 3. The normalized spacial score (nSPS) is 15.0. The van der Waals surface area contributed by atoms with Crippen LogP contribution in [0.5, 0.6) is 0 Å². The van der Waals surface area contributed by atoms with Gasteiger partial charge in [0.1, 0.15) is 5.82 Å². The maximum absolute atomic E-state index is 14.1. The number of Topliss-reactive ketones (excluding diaryl/α,β-unsaturated/α-hetero) is 1. The van der Waals surface area contributed by atoms with Gasteiger partial charge in [0.25, 0.3) is 0 Å². The molecule has 0 amide bonds. The molecule has 2 aromatic carbocycles. The predicted molar refractivity (Wildman–Crippen MR) is 121 cm³/mol. The van der Waals surface area contributed by atoms with E-state index in [2.05, 4.69) is 9.97 Å². The van der Waals surface area contributed by atoms with Gasteiger partial charge in [-0.2, -0.15) is 0 Å². The summed E-state index contributed by atoms with van der Waals surface area (Å²) in [6.07, 6.45) is 8.57. The standard InChI is InChI=1S/C26H24FN3O2/c1-17-16-30(25-28-14-19(15-29-25)21-5-2-3-6-22(21)27)23-13-18(7-8-20(17)23)24(31)9-12-26(32)10-4-11-26/h2-3,5-8,13-16,32H,4,9-12H2,1H3. The van der Waals surface area contributed by atoms with E-state index in [0.717, 1.165) is 35.7 Å². The molecule has 0 spiro atoms. The molecule has 1 aliphatic rings. The highest BCUT2D eigenvalue weighted by molar-refractivity contribution is 6.00. The van der Waals surface area contributed by atoms with E-state index in [1.165, 1.54) is 6.07 Å². The summed E-state index contributed by atoms with van der Waals surface area (Å²) < 4.78 is 15.9. The van der Waals surface area contributed by atoms with Gasteiger partial charge in [-0.05, 0) is 50.3 Å². The summed E-state index contributed by atoms with van der Waals surface area (Å²) in [6.45, 7) is 2.00. The molecule has 0 radical (unpaired) electrons. The van der Waals surface area contributed by atoms with E-state index in [1.807, 2.05) is 35.9 Å². The predicted octanol–water partition coefficient (Wildman–Crippen LogP) is 5.41. The van der Waals surface area contributed by atoms with Crippen LogP contribution in [0.4, 0.5) is 4.39 Å². The number of nitrogens with zero attached hydrogens (tertiary/aromatic N) is 3. The zero-order valence-electron chi connectivity index (χ0n) is 17.9. The minimum atomic E-state index is -0.662. The van der Waals surface area contributed by atoms with Crippen LogP contribution in [0.2, 0.25) is 0 Å². The summed E-state index contributed by atoms with van der Waals surface area (Å²) in [5.41, 5.74) is 2.89. The first-order chi connectivity index (χ1) is 15.4. The Morgan fingerprint density at radius 3 is 2.59 bits per heavy atom. The Morgan fingerprint density at radius 2 is 1.91 bits per heavy atom. The third-order valence-electron chi connectivity index (χ3n) is 6.47. The highest BCUT2D eigenvalue weighted by atomic mass is 19.1. The van der Waals surface area contributed by atoms with E-state index >= 15 is 0 Å². The molecule has 0 aliphatic heterocycles. The van der Waals surface area contributed by atoms with E-state index in [9.17, 15) is 14.3 Å². The first-order valence-electron chi connectivity index (χ1n) is 10.9. The van der Waals surface area contributed by atoms with E-state index in [-0.39, 0.29) is 11.6 Å². The summed E-state index contributed by atoms with van der Waals surface area (Å²) in [5.74, 6) is 0.158. The average molecular weight is 429 g/mol. The number of aryl methyl sites for hydroxylation is 1. The van der Waals surface area contributed by atoms with Gasteiger partial charge in [0.2, 0.25) is 5.95 Å². The number of carbonyl (C=O) groups is 1. The molecule has 162 valence electrons. The number of carbonyl (C=O) groups excluding carboxylic acids is 1. The molecule has 1 fully saturated rings. The lowest BCUT2D eigenvalue weighted by molar-refractivity contribution is -0.0401. The monoisotopic (exact) mass is 429 g/mol. The topological polar surface area (TPSA) is 68.0 Å². The molecule has 0 bridgehead atoms. The van der Waals surface area contributed by atoms with Crippen molar-refractivity contribution in [2.45, 2.75) is 44.6 Å². The van der Waals surface area contributed by atoms with Crippen molar-refractivity contribution >= 4 is 16.7 Å². The van der Waals surface area contributed by atoms with Crippen molar-refractivity contribution in [2.24, 2.45) is 0 Å². The second-order valence-electron chi connectivity index (χ2n) is 8.67. The van der Waals surface area contributed by atoms with E-state index in [1.54, 1.807) is 30.6 Å². The second kappa shape index (κ2) is 7.95. The van der Waals surface area contributed by atoms with Gasteiger partial charge in [-0.15, -0.1) is 0 Å². The molecule has 2 heterocycles. The fourth-order valence-corrected chi connectivity index (χ4v) is 4.34. The highest BCUT2D eigenvalue weighted by Crippen LogP contribution is 2.36. The molecule has 2 aromatic heterocycles. The molecular weight excluding hydrogens is 405 g/mol.